The third-order valence-corrected chi connectivity index (χ3v) is 2.70. The molecule has 0 bridgehead atoms. The molecule has 2 rings (SSSR count). The molecule has 0 aliphatic heterocycles. The van der Waals surface area contributed by atoms with E-state index < -0.39 is 17.6 Å². The van der Waals surface area contributed by atoms with Crippen molar-refractivity contribution in [3.05, 3.63) is 71.3 Å². The van der Waals surface area contributed by atoms with Gasteiger partial charge in [0.15, 0.2) is 0 Å². The SMILES string of the molecule is O=C(Cc1ccc(F)cc1)NNC(=O)c1ccc(F)cc1. The van der Waals surface area contributed by atoms with E-state index in [1.165, 1.54) is 36.4 Å². The predicted molar refractivity (Wildman–Crippen MR) is 72.1 cm³/mol. The monoisotopic (exact) mass is 290 g/mol. The van der Waals surface area contributed by atoms with Crippen LogP contribution in [0.1, 0.15) is 15.9 Å². The van der Waals surface area contributed by atoms with Gasteiger partial charge >= 0.3 is 0 Å². The zero-order valence-electron chi connectivity index (χ0n) is 10.9. The summed E-state index contributed by atoms with van der Waals surface area (Å²) in [6.07, 6.45) is 0.00395. The third-order valence-electron chi connectivity index (χ3n) is 2.70. The molecule has 0 atom stereocenters. The highest BCUT2D eigenvalue weighted by Crippen LogP contribution is 2.04. The first-order valence-electron chi connectivity index (χ1n) is 6.14. The first-order chi connectivity index (χ1) is 10.0. The lowest BCUT2D eigenvalue weighted by molar-refractivity contribution is -0.121. The maximum absolute atomic E-state index is 12.7. The molecular formula is C15H12F2N2O2. The van der Waals surface area contributed by atoms with Crippen LogP contribution in [0.4, 0.5) is 8.78 Å². The second-order valence-electron chi connectivity index (χ2n) is 4.31. The Morgan fingerprint density at radius 3 is 1.90 bits per heavy atom. The topological polar surface area (TPSA) is 58.2 Å². The summed E-state index contributed by atoms with van der Waals surface area (Å²) in [6, 6.07) is 10.4. The van der Waals surface area contributed by atoms with Gasteiger partial charge in [0.25, 0.3) is 5.91 Å². The largest absolute Gasteiger partial charge is 0.273 e. The molecule has 108 valence electrons. The summed E-state index contributed by atoms with van der Waals surface area (Å²) >= 11 is 0. The second-order valence-corrected chi connectivity index (χ2v) is 4.31. The Morgan fingerprint density at radius 2 is 1.33 bits per heavy atom. The van der Waals surface area contributed by atoms with E-state index in [2.05, 4.69) is 10.9 Å². The highest BCUT2D eigenvalue weighted by Gasteiger charge is 2.08. The molecule has 0 aliphatic carbocycles. The lowest BCUT2D eigenvalue weighted by Crippen LogP contribution is -2.42. The third kappa shape index (κ3) is 4.38. The van der Waals surface area contributed by atoms with E-state index in [4.69, 9.17) is 0 Å². The Labute approximate surface area is 119 Å². The van der Waals surface area contributed by atoms with Crippen LogP contribution in [-0.2, 0) is 11.2 Å². The highest BCUT2D eigenvalue weighted by atomic mass is 19.1. The average molecular weight is 290 g/mol. The zero-order valence-corrected chi connectivity index (χ0v) is 10.9. The van der Waals surface area contributed by atoms with Gasteiger partial charge in [0, 0.05) is 5.56 Å². The Balaban J connectivity index is 1.84. The summed E-state index contributed by atoms with van der Waals surface area (Å²) in [5.74, 6) is -1.84. The number of rotatable bonds is 3. The van der Waals surface area contributed by atoms with Gasteiger partial charge < -0.3 is 0 Å². The minimum Gasteiger partial charge on any atom is -0.273 e. The number of benzene rings is 2. The first kappa shape index (κ1) is 14.6. The number of carbonyl (C=O) groups is 2. The fraction of sp³-hybridized carbons (Fsp3) is 0.0667. The minimum atomic E-state index is -0.553. The van der Waals surface area contributed by atoms with Crippen LogP contribution in [0, 0.1) is 11.6 Å². The van der Waals surface area contributed by atoms with Crippen LogP contribution in [0.3, 0.4) is 0 Å². The lowest BCUT2D eigenvalue weighted by atomic mass is 10.1. The van der Waals surface area contributed by atoms with Gasteiger partial charge in [-0.1, -0.05) is 12.1 Å². The molecule has 0 aromatic heterocycles. The van der Waals surface area contributed by atoms with Crippen molar-refractivity contribution in [3.63, 3.8) is 0 Å². The number of hydrazine groups is 1. The molecule has 0 aliphatic rings. The molecule has 2 aromatic carbocycles. The quantitative estimate of drug-likeness (QED) is 0.849. The lowest BCUT2D eigenvalue weighted by Gasteiger charge is -2.07. The molecule has 21 heavy (non-hydrogen) atoms. The summed E-state index contributed by atoms with van der Waals surface area (Å²) in [7, 11) is 0. The van der Waals surface area contributed by atoms with Gasteiger partial charge in [-0.15, -0.1) is 0 Å². The molecule has 0 saturated carbocycles. The van der Waals surface area contributed by atoms with Gasteiger partial charge in [-0.25, -0.2) is 8.78 Å². The summed E-state index contributed by atoms with van der Waals surface area (Å²) < 4.78 is 25.4. The maximum atomic E-state index is 12.7. The van der Waals surface area contributed by atoms with Crippen molar-refractivity contribution < 1.29 is 18.4 Å². The first-order valence-corrected chi connectivity index (χ1v) is 6.14. The van der Waals surface area contributed by atoms with E-state index in [1.807, 2.05) is 0 Å². The van der Waals surface area contributed by atoms with Crippen molar-refractivity contribution in [2.24, 2.45) is 0 Å². The molecule has 0 saturated heterocycles. The number of carbonyl (C=O) groups excluding carboxylic acids is 2. The van der Waals surface area contributed by atoms with E-state index in [0.29, 0.717) is 5.56 Å². The van der Waals surface area contributed by atoms with Crippen LogP contribution in [0.15, 0.2) is 48.5 Å². The van der Waals surface area contributed by atoms with E-state index in [1.54, 1.807) is 0 Å². The Morgan fingerprint density at radius 1 is 0.810 bits per heavy atom. The molecule has 4 nitrogen and oxygen atoms in total. The van der Waals surface area contributed by atoms with E-state index >= 15 is 0 Å². The van der Waals surface area contributed by atoms with Gasteiger partial charge in [0.05, 0.1) is 6.42 Å². The van der Waals surface area contributed by atoms with Gasteiger partial charge in [0.1, 0.15) is 11.6 Å². The fourth-order valence-electron chi connectivity index (χ4n) is 1.63. The Hall–Kier alpha value is -2.76. The van der Waals surface area contributed by atoms with Crippen molar-refractivity contribution in [1.29, 1.82) is 0 Å². The van der Waals surface area contributed by atoms with Crippen molar-refractivity contribution in [1.82, 2.24) is 10.9 Å². The number of hydrogen-bond acceptors (Lipinski definition) is 2. The number of amides is 2. The molecule has 0 heterocycles. The Kier molecular flexibility index (Phi) is 4.61. The summed E-state index contributed by atoms with van der Waals surface area (Å²) in [6.45, 7) is 0. The van der Waals surface area contributed by atoms with Crippen LogP contribution >= 0.6 is 0 Å². The number of halogens is 2. The molecule has 6 heteroatoms. The van der Waals surface area contributed by atoms with Crippen molar-refractivity contribution >= 4 is 11.8 Å². The molecule has 0 spiro atoms. The zero-order chi connectivity index (χ0) is 15.2. The van der Waals surface area contributed by atoms with Crippen LogP contribution in [0.5, 0.6) is 0 Å². The van der Waals surface area contributed by atoms with E-state index in [9.17, 15) is 18.4 Å². The molecular weight excluding hydrogens is 278 g/mol. The molecule has 0 fully saturated rings. The summed E-state index contributed by atoms with van der Waals surface area (Å²) in [5.41, 5.74) is 5.28. The second kappa shape index (κ2) is 6.60. The molecule has 0 unspecified atom stereocenters. The molecule has 2 N–H and O–H groups in total. The Bertz CT molecular complexity index is 640. The molecule has 2 aromatic rings. The standard InChI is InChI=1S/C15H12F2N2O2/c16-12-5-1-10(2-6-12)9-14(20)18-19-15(21)11-3-7-13(17)8-4-11/h1-8H,9H2,(H,18,20)(H,19,21). The van der Waals surface area contributed by atoms with Gasteiger partial charge in [0.2, 0.25) is 5.91 Å². The van der Waals surface area contributed by atoms with E-state index in [0.717, 1.165) is 12.1 Å². The van der Waals surface area contributed by atoms with Gasteiger partial charge in [-0.05, 0) is 42.0 Å². The van der Waals surface area contributed by atoms with Gasteiger partial charge in [-0.2, -0.15) is 0 Å². The van der Waals surface area contributed by atoms with Crippen LogP contribution < -0.4 is 10.9 Å². The maximum Gasteiger partial charge on any atom is 0.269 e. The fourth-order valence-corrected chi connectivity index (χ4v) is 1.63. The smallest absolute Gasteiger partial charge is 0.269 e. The minimum absolute atomic E-state index is 0.00395. The van der Waals surface area contributed by atoms with Crippen LogP contribution in [0.2, 0.25) is 0 Å². The van der Waals surface area contributed by atoms with E-state index in [-0.39, 0.29) is 17.8 Å². The van der Waals surface area contributed by atoms with Crippen molar-refractivity contribution in [2.75, 3.05) is 0 Å². The predicted octanol–water partition coefficient (Wildman–Crippen LogP) is 1.97. The highest BCUT2D eigenvalue weighted by molar-refractivity contribution is 5.95. The van der Waals surface area contributed by atoms with Gasteiger partial charge in [-0.3, -0.25) is 20.4 Å². The van der Waals surface area contributed by atoms with Crippen molar-refractivity contribution in [2.45, 2.75) is 6.42 Å². The normalized spacial score (nSPS) is 10.0. The summed E-state index contributed by atoms with van der Waals surface area (Å²) in [5, 5.41) is 0. The summed E-state index contributed by atoms with van der Waals surface area (Å²) in [4.78, 5) is 23.3. The molecule has 0 radical (unpaired) electrons. The van der Waals surface area contributed by atoms with Crippen LogP contribution in [0.25, 0.3) is 0 Å². The number of nitrogens with one attached hydrogen (secondary N) is 2. The molecule has 2 amide bonds. The average Bonchev–Trinajstić information content (AvgIpc) is 2.48. The van der Waals surface area contributed by atoms with Crippen LogP contribution in [-0.4, -0.2) is 11.8 Å². The number of hydrogen-bond donors (Lipinski definition) is 2. The van der Waals surface area contributed by atoms with Crippen molar-refractivity contribution in [3.8, 4) is 0 Å².